The van der Waals surface area contributed by atoms with Crippen LogP contribution in [0.2, 0.25) is 0 Å². The largest absolute Gasteiger partial charge is 0.481 e. The van der Waals surface area contributed by atoms with Crippen LogP contribution in [0.25, 0.3) is 10.9 Å². The van der Waals surface area contributed by atoms with E-state index in [-0.39, 0.29) is 17.6 Å². The summed E-state index contributed by atoms with van der Waals surface area (Å²) in [7, 11) is 1.45. The van der Waals surface area contributed by atoms with Crippen LogP contribution >= 0.6 is 0 Å². The van der Waals surface area contributed by atoms with Gasteiger partial charge in [0, 0.05) is 17.0 Å². The molecule has 0 saturated carbocycles. The number of amides is 1. The highest BCUT2D eigenvalue weighted by atomic mass is 19.1. The van der Waals surface area contributed by atoms with Gasteiger partial charge in [-0.25, -0.2) is 14.2 Å². The Balaban J connectivity index is 2.23. The monoisotopic (exact) mass is 336 g/mol. The number of alkyl carbamates (subject to hydrolysis) is 1. The molecule has 0 spiro atoms. The van der Waals surface area contributed by atoms with Gasteiger partial charge >= 0.3 is 6.09 Å². The van der Waals surface area contributed by atoms with Crippen molar-refractivity contribution >= 4 is 17.0 Å². The van der Waals surface area contributed by atoms with Gasteiger partial charge in [0.05, 0.1) is 19.2 Å². The summed E-state index contributed by atoms with van der Waals surface area (Å²) in [5.41, 5.74) is -0.371. The van der Waals surface area contributed by atoms with Crippen molar-refractivity contribution in [1.82, 2.24) is 10.3 Å². The van der Waals surface area contributed by atoms with Gasteiger partial charge in [0.25, 0.3) is 0 Å². The number of benzene rings is 1. The van der Waals surface area contributed by atoms with Crippen molar-refractivity contribution in [3.63, 3.8) is 0 Å². The molecule has 130 valence electrons. The number of carbonyl (C=O) groups is 1. The Bertz CT molecular complexity index is 743. The number of rotatable bonds is 4. The first-order chi connectivity index (χ1) is 11.2. The third kappa shape index (κ3) is 4.32. The number of methoxy groups -OCH3 is 1. The minimum Gasteiger partial charge on any atom is -0.481 e. The molecule has 0 radical (unpaired) electrons. The molecule has 1 aromatic carbocycles. The zero-order valence-corrected chi connectivity index (χ0v) is 14.1. The van der Waals surface area contributed by atoms with Gasteiger partial charge in [-0.2, -0.15) is 0 Å². The number of fused-ring (bicyclic) bond motifs is 1. The Kier molecular flexibility index (Phi) is 5.23. The van der Waals surface area contributed by atoms with E-state index in [1.54, 1.807) is 39.0 Å². The molecule has 1 atom stereocenters. The SMILES string of the molecule is COc1ccc2ccc(F)c(C(O)CNC(=O)OC(C)(C)C)c2n1. The summed E-state index contributed by atoms with van der Waals surface area (Å²) in [6, 6.07) is 6.19. The van der Waals surface area contributed by atoms with Gasteiger partial charge in [-0.15, -0.1) is 0 Å². The summed E-state index contributed by atoms with van der Waals surface area (Å²) in [5.74, 6) is -0.302. The van der Waals surface area contributed by atoms with E-state index in [4.69, 9.17) is 9.47 Å². The number of hydrogen-bond donors (Lipinski definition) is 2. The lowest BCUT2D eigenvalue weighted by Crippen LogP contribution is -2.35. The van der Waals surface area contributed by atoms with E-state index in [2.05, 4.69) is 10.3 Å². The number of nitrogens with zero attached hydrogens (tertiary/aromatic N) is 1. The molecule has 1 amide bonds. The van der Waals surface area contributed by atoms with Crippen molar-refractivity contribution in [2.75, 3.05) is 13.7 Å². The Labute approximate surface area is 139 Å². The van der Waals surface area contributed by atoms with Crippen LogP contribution in [-0.4, -0.2) is 35.4 Å². The number of ether oxygens (including phenoxy) is 2. The number of pyridine rings is 1. The van der Waals surface area contributed by atoms with Gasteiger partial charge < -0.3 is 19.9 Å². The maximum Gasteiger partial charge on any atom is 0.407 e. The number of carbonyl (C=O) groups excluding carboxylic acids is 1. The molecule has 0 aliphatic heterocycles. The number of aromatic nitrogens is 1. The molecule has 24 heavy (non-hydrogen) atoms. The first-order valence-electron chi connectivity index (χ1n) is 7.49. The Hall–Kier alpha value is -2.41. The Morgan fingerprint density at radius 1 is 1.33 bits per heavy atom. The van der Waals surface area contributed by atoms with Crippen LogP contribution in [0.15, 0.2) is 24.3 Å². The Morgan fingerprint density at radius 2 is 2.00 bits per heavy atom. The molecular weight excluding hydrogens is 315 g/mol. The quantitative estimate of drug-likeness (QED) is 0.897. The summed E-state index contributed by atoms with van der Waals surface area (Å²) in [4.78, 5) is 15.9. The van der Waals surface area contributed by atoms with Crippen LogP contribution in [0.3, 0.4) is 0 Å². The molecule has 2 N–H and O–H groups in total. The van der Waals surface area contributed by atoms with Crippen LogP contribution in [0.5, 0.6) is 5.88 Å². The summed E-state index contributed by atoms with van der Waals surface area (Å²) < 4.78 is 24.3. The fourth-order valence-electron chi connectivity index (χ4n) is 2.19. The lowest BCUT2D eigenvalue weighted by molar-refractivity contribution is 0.0490. The summed E-state index contributed by atoms with van der Waals surface area (Å²) in [6.07, 6.45) is -1.96. The van der Waals surface area contributed by atoms with Crippen molar-refractivity contribution in [3.05, 3.63) is 35.6 Å². The molecule has 1 unspecified atom stereocenters. The van der Waals surface area contributed by atoms with Crippen molar-refractivity contribution in [3.8, 4) is 5.88 Å². The standard InChI is InChI=1S/C17H21FN2O4/c1-17(2,3)24-16(22)19-9-12(21)14-11(18)7-5-10-6-8-13(23-4)20-15(10)14/h5-8,12,21H,9H2,1-4H3,(H,19,22). The van der Waals surface area contributed by atoms with E-state index in [0.717, 1.165) is 0 Å². The summed E-state index contributed by atoms with van der Waals surface area (Å²) in [5, 5.41) is 13.4. The fraction of sp³-hybridized carbons (Fsp3) is 0.412. The molecular formula is C17H21FN2O4. The van der Waals surface area contributed by atoms with Gasteiger partial charge in [0.15, 0.2) is 0 Å². The van der Waals surface area contributed by atoms with Crippen LogP contribution in [0, 0.1) is 5.82 Å². The van der Waals surface area contributed by atoms with Gasteiger partial charge in [0.1, 0.15) is 17.5 Å². The van der Waals surface area contributed by atoms with Crippen molar-refractivity contribution < 1.29 is 23.8 Å². The van der Waals surface area contributed by atoms with Gasteiger partial charge in [0.2, 0.25) is 5.88 Å². The van der Waals surface area contributed by atoms with Gasteiger partial charge in [-0.1, -0.05) is 0 Å². The molecule has 6 nitrogen and oxygen atoms in total. The zero-order chi connectivity index (χ0) is 17.9. The van der Waals surface area contributed by atoms with Gasteiger partial charge in [-0.3, -0.25) is 0 Å². The van der Waals surface area contributed by atoms with E-state index in [1.807, 2.05) is 0 Å². The highest BCUT2D eigenvalue weighted by molar-refractivity contribution is 5.83. The fourth-order valence-corrected chi connectivity index (χ4v) is 2.19. The third-order valence-electron chi connectivity index (χ3n) is 3.20. The first-order valence-corrected chi connectivity index (χ1v) is 7.49. The Morgan fingerprint density at radius 3 is 2.62 bits per heavy atom. The normalized spacial score (nSPS) is 12.8. The second-order valence-corrected chi connectivity index (χ2v) is 6.28. The van der Waals surface area contributed by atoms with Crippen LogP contribution in [0.1, 0.15) is 32.4 Å². The predicted molar refractivity (Wildman–Crippen MR) is 87.4 cm³/mol. The van der Waals surface area contributed by atoms with E-state index < -0.39 is 23.6 Å². The summed E-state index contributed by atoms with van der Waals surface area (Å²) >= 11 is 0. The number of aliphatic hydroxyl groups is 1. The summed E-state index contributed by atoms with van der Waals surface area (Å²) in [6.45, 7) is 4.97. The second kappa shape index (κ2) is 7.00. The maximum absolute atomic E-state index is 14.2. The average Bonchev–Trinajstić information content (AvgIpc) is 2.50. The highest BCUT2D eigenvalue weighted by Crippen LogP contribution is 2.27. The predicted octanol–water partition coefficient (Wildman–Crippen LogP) is 2.94. The molecule has 0 bridgehead atoms. The smallest absolute Gasteiger partial charge is 0.407 e. The van der Waals surface area contributed by atoms with Crippen molar-refractivity contribution in [2.24, 2.45) is 0 Å². The second-order valence-electron chi connectivity index (χ2n) is 6.28. The van der Waals surface area contributed by atoms with Crippen molar-refractivity contribution in [1.29, 1.82) is 0 Å². The molecule has 2 rings (SSSR count). The van der Waals surface area contributed by atoms with E-state index in [9.17, 15) is 14.3 Å². The minimum atomic E-state index is -1.28. The van der Waals surface area contributed by atoms with Crippen LogP contribution in [0.4, 0.5) is 9.18 Å². The number of nitrogens with one attached hydrogen (secondary N) is 1. The van der Waals surface area contributed by atoms with Crippen LogP contribution in [-0.2, 0) is 4.74 Å². The van der Waals surface area contributed by atoms with Crippen molar-refractivity contribution in [2.45, 2.75) is 32.5 Å². The molecule has 0 fully saturated rings. The lowest BCUT2D eigenvalue weighted by Gasteiger charge is -2.21. The van der Waals surface area contributed by atoms with Gasteiger partial charge in [-0.05, 0) is 39.0 Å². The molecule has 0 aliphatic carbocycles. The molecule has 7 heteroatoms. The van der Waals surface area contributed by atoms with E-state index >= 15 is 0 Å². The number of halogens is 1. The molecule has 0 saturated heterocycles. The van der Waals surface area contributed by atoms with E-state index in [1.165, 1.54) is 13.2 Å². The molecule has 0 aliphatic rings. The zero-order valence-electron chi connectivity index (χ0n) is 14.1. The third-order valence-corrected chi connectivity index (χ3v) is 3.20. The molecule has 1 aromatic heterocycles. The lowest BCUT2D eigenvalue weighted by atomic mass is 10.0. The topological polar surface area (TPSA) is 80.7 Å². The maximum atomic E-state index is 14.2. The van der Waals surface area contributed by atoms with Crippen LogP contribution < -0.4 is 10.1 Å². The molecule has 1 heterocycles. The van der Waals surface area contributed by atoms with E-state index in [0.29, 0.717) is 11.3 Å². The molecule has 2 aromatic rings. The first kappa shape index (κ1) is 17.9. The number of aliphatic hydroxyl groups excluding tert-OH is 1. The highest BCUT2D eigenvalue weighted by Gasteiger charge is 2.21. The average molecular weight is 336 g/mol. The minimum absolute atomic E-state index is 0.00228. The number of hydrogen-bond acceptors (Lipinski definition) is 5.